The second-order valence-corrected chi connectivity index (χ2v) is 4.83. The molecule has 0 aliphatic carbocycles. The van der Waals surface area contributed by atoms with Crippen LogP contribution in [0, 0.1) is 0 Å². The molecule has 2 aromatic rings. The van der Waals surface area contributed by atoms with Crippen LogP contribution in [-0.4, -0.2) is 12.3 Å². The van der Waals surface area contributed by atoms with E-state index < -0.39 is 0 Å². The molecule has 3 heteroatoms. The maximum atomic E-state index is 4.18. The van der Waals surface area contributed by atoms with E-state index in [1.807, 2.05) is 26.0 Å². The molecular weight excluding hydrogens is 258 g/mol. The average molecular weight is 279 g/mol. The van der Waals surface area contributed by atoms with Crippen LogP contribution in [0.4, 0.5) is 0 Å². The summed E-state index contributed by atoms with van der Waals surface area (Å²) in [7, 11) is 0. The van der Waals surface area contributed by atoms with Gasteiger partial charge in [-0.05, 0) is 42.2 Å². The van der Waals surface area contributed by atoms with E-state index in [-0.39, 0.29) is 0 Å². The van der Waals surface area contributed by atoms with E-state index in [0.717, 1.165) is 17.7 Å². The summed E-state index contributed by atoms with van der Waals surface area (Å²) in [4.78, 5) is 0. The van der Waals surface area contributed by atoms with Gasteiger partial charge in [0, 0.05) is 5.56 Å². The predicted octanol–water partition coefficient (Wildman–Crippen LogP) is 5.11. The van der Waals surface area contributed by atoms with Gasteiger partial charge in [-0.2, -0.15) is 5.11 Å². The molecule has 2 rings (SSSR count). The SMILES string of the molecule is CCN=N/N=C(\C)c1ccccc1-c1ccc(CC)cc1. The molecule has 0 spiro atoms. The zero-order chi connectivity index (χ0) is 15.1. The quantitative estimate of drug-likeness (QED) is 0.414. The Labute approximate surface area is 126 Å². The van der Waals surface area contributed by atoms with Gasteiger partial charge in [0.2, 0.25) is 0 Å². The summed E-state index contributed by atoms with van der Waals surface area (Å²) in [6, 6.07) is 16.9. The molecule has 0 saturated heterocycles. The maximum absolute atomic E-state index is 4.18. The molecule has 2 aromatic carbocycles. The second kappa shape index (κ2) is 7.48. The number of nitrogens with zero attached hydrogens (tertiary/aromatic N) is 3. The number of hydrogen-bond acceptors (Lipinski definition) is 2. The lowest BCUT2D eigenvalue weighted by Crippen LogP contribution is -1.97. The topological polar surface area (TPSA) is 37.1 Å². The molecular formula is C18H21N3. The predicted molar refractivity (Wildman–Crippen MR) is 88.9 cm³/mol. The highest BCUT2D eigenvalue weighted by Gasteiger charge is 2.07. The lowest BCUT2D eigenvalue weighted by atomic mass is 9.96. The van der Waals surface area contributed by atoms with Crippen molar-refractivity contribution in [1.82, 2.24) is 0 Å². The van der Waals surface area contributed by atoms with E-state index in [9.17, 15) is 0 Å². The molecule has 0 N–H and O–H groups in total. The largest absolute Gasteiger partial charge is 0.169 e. The normalized spacial score (nSPS) is 12.0. The van der Waals surface area contributed by atoms with E-state index in [1.54, 1.807) is 0 Å². The van der Waals surface area contributed by atoms with E-state index in [0.29, 0.717) is 6.54 Å². The number of hydrogen-bond donors (Lipinski definition) is 0. The summed E-state index contributed by atoms with van der Waals surface area (Å²) < 4.78 is 0. The maximum Gasteiger partial charge on any atom is 0.0696 e. The van der Waals surface area contributed by atoms with E-state index >= 15 is 0 Å². The molecule has 0 unspecified atom stereocenters. The molecule has 0 amide bonds. The Morgan fingerprint density at radius 2 is 1.67 bits per heavy atom. The van der Waals surface area contributed by atoms with Crippen molar-refractivity contribution in [2.45, 2.75) is 27.2 Å². The summed E-state index contributed by atoms with van der Waals surface area (Å²) in [5, 5.41) is 11.9. The zero-order valence-corrected chi connectivity index (χ0v) is 12.9. The monoisotopic (exact) mass is 279 g/mol. The summed E-state index contributed by atoms with van der Waals surface area (Å²) in [6.45, 7) is 6.72. The fraction of sp³-hybridized carbons (Fsp3) is 0.278. The molecule has 108 valence electrons. The van der Waals surface area contributed by atoms with Crippen molar-refractivity contribution in [2.75, 3.05) is 6.54 Å². The highest BCUT2D eigenvalue weighted by atomic mass is 15.4. The van der Waals surface area contributed by atoms with Gasteiger partial charge in [-0.15, -0.1) is 5.10 Å². The third kappa shape index (κ3) is 3.85. The van der Waals surface area contributed by atoms with Gasteiger partial charge in [-0.25, -0.2) is 0 Å². The Bertz CT molecular complexity index is 640. The van der Waals surface area contributed by atoms with Gasteiger partial charge >= 0.3 is 0 Å². The Morgan fingerprint density at radius 3 is 2.33 bits per heavy atom. The van der Waals surface area contributed by atoms with Crippen LogP contribution in [0.1, 0.15) is 31.9 Å². The van der Waals surface area contributed by atoms with Crippen molar-refractivity contribution in [1.29, 1.82) is 0 Å². The molecule has 3 nitrogen and oxygen atoms in total. The average Bonchev–Trinajstić information content (AvgIpc) is 2.55. The third-order valence-corrected chi connectivity index (χ3v) is 3.39. The third-order valence-electron chi connectivity index (χ3n) is 3.39. The standard InChI is InChI=1S/C18H21N3/c1-4-15-10-12-16(13-11-15)18-9-7-6-8-17(18)14(3)20-21-19-5-2/h6-13H,4-5H2,1-3H3/b20-14+,21-19?. The van der Waals surface area contributed by atoms with Crippen molar-refractivity contribution in [3.8, 4) is 11.1 Å². The summed E-state index contributed by atoms with van der Waals surface area (Å²) >= 11 is 0. The van der Waals surface area contributed by atoms with Crippen LogP contribution in [0.2, 0.25) is 0 Å². The minimum absolute atomic E-state index is 0.650. The van der Waals surface area contributed by atoms with E-state index in [1.165, 1.54) is 16.7 Å². The van der Waals surface area contributed by atoms with Crippen LogP contribution >= 0.6 is 0 Å². The van der Waals surface area contributed by atoms with Crippen LogP contribution in [0.3, 0.4) is 0 Å². The van der Waals surface area contributed by atoms with Crippen molar-refractivity contribution >= 4 is 5.71 Å². The van der Waals surface area contributed by atoms with Gasteiger partial charge in [0.05, 0.1) is 12.3 Å². The van der Waals surface area contributed by atoms with Crippen LogP contribution in [-0.2, 0) is 6.42 Å². The van der Waals surface area contributed by atoms with Gasteiger partial charge < -0.3 is 0 Å². The van der Waals surface area contributed by atoms with Crippen LogP contribution in [0.25, 0.3) is 11.1 Å². The summed E-state index contributed by atoms with van der Waals surface area (Å²) in [5.41, 5.74) is 5.69. The van der Waals surface area contributed by atoms with Crippen molar-refractivity contribution in [3.05, 3.63) is 59.7 Å². The first-order chi connectivity index (χ1) is 10.3. The van der Waals surface area contributed by atoms with Crippen LogP contribution in [0.5, 0.6) is 0 Å². The van der Waals surface area contributed by atoms with Gasteiger partial charge in [0.1, 0.15) is 0 Å². The zero-order valence-electron chi connectivity index (χ0n) is 12.9. The number of benzene rings is 2. The Kier molecular flexibility index (Phi) is 5.38. The first-order valence-corrected chi connectivity index (χ1v) is 7.36. The molecule has 0 aliphatic rings. The molecule has 0 aromatic heterocycles. The fourth-order valence-electron chi connectivity index (χ4n) is 2.19. The van der Waals surface area contributed by atoms with Gasteiger partial charge in [-0.3, -0.25) is 0 Å². The van der Waals surface area contributed by atoms with Crippen molar-refractivity contribution in [2.24, 2.45) is 15.4 Å². The summed E-state index contributed by atoms with van der Waals surface area (Å²) in [6.07, 6.45) is 1.06. The molecule has 0 saturated carbocycles. The van der Waals surface area contributed by atoms with Crippen molar-refractivity contribution in [3.63, 3.8) is 0 Å². The molecule has 0 heterocycles. The lowest BCUT2D eigenvalue weighted by Gasteiger charge is -2.09. The second-order valence-electron chi connectivity index (χ2n) is 4.83. The Morgan fingerprint density at radius 1 is 0.952 bits per heavy atom. The van der Waals surface area contributed by atoms with E-state index in [2.05, 4.69) is 58.8 Å². The van der Waals surface area contributed by atoms with Crippen LogP contribution in [0.15, 0.2) is 64.0 Å². The highest BCUT2D eigenvalue weighted by molar-refractivity contribution is 6.04. The molecule has 0 bridgehead atoms. The fourth-order valence-corrected chi connectivity index (χ4v) is 2.19. The first kappa shape index (κ1) is 15.1. The minimum atomic E-state index is 0.650. The molecule has 0 aliphatic heterocycles. The highest BCUT2D eigenvalue weighted by Crippen LogP contribution is 2.25. The van der Waals surface area contributed by atoms with E-state index in [4.69, 9.17) is 0 Å². The molecule has 21 heavy (non-hydrogen) atoms. The first-order valence-electron chi connectivity index (χ1n) is 7.36. The van der Waals surface area contributed by atoms with Crippen LogP contribution < -0.4 is 0 Å². The van der Waals surface area contributed by atoms with Gasteiger partial charge in [0.25, 0.3) is 0 Å². The minimum Gasteiger partial charge on any atom is -0.169 e. The molecule has 0 atom stereocenters. The van der Waals surface area contributed by atoms with Gasteiger partial charge in [0.15, 0.2) is 0 Å². The number of aryl methyl sites for hydroxylation is 1. The molecule has 0 radical (unpaired) electrons. The van der Waals surface area contributed by atoms with Crippen molar-refractivity contribution < 1.29 is 0 Å². The lowest BCUT2D eigenvalue weighted by molar-refractivity contribution is 0.926. The molecule has 0 fully saturated rings. The smallest absolute Gasteiger partial charge is 0.0696 e. The summed E-state index contributed by atoms with van der Waals surface area (Å²) in [5.74, 6) is 0. The Hall–Kier alpha value is -2.29. The Balaban J connectivity index is 2.40. The number of rotatable bonds is 5. The van der Waals surface area contributed by atoms with Gasteiger partial charge in [-0.1, -0.05) is 55.5 Å².